The van der Waals surface area contributed by atoms with Crippen LogP contribution >= 0.6 is 11.6 Å². The van der Waals surface area contributed by atoms with Crippen molar-refractivity contribution in [3.63, 3.8) is 0 Å². The predicted octanol–water partition coefficient (Wildman–Crippen LogP) is 3.25. The molecular weight excluding hydrogens is 383 g/mol. The van der Waals surface area contributed by atoms with Crippen molar-refractivity contribution in [3.05, 3.63) is 23.4 Å². The minimum absolute atomic E-state index is 0.168. The second kappa shape index (κ2) is 7.79. The minimum atomic E-state index is -4.43. The molecule has 2 N–H and O–H groups in total. The number of nitrogens with zero attached hydrogens (tertiary/aromatic N) is 5. The number of imidazole rings is 1. The van der Waals surface area contributed by atoms with Gasteiger partial charge in [0.25, 0.3) is 0 Å². The van der Waals surface area contributed by atoms with Crippen molar-refractivity contribution < 1.29 is 13.2 Å². The number of hydrogen-bond donors (Lipinski definition) is 2. The summed E-state index contributed by atoms with van der Waals surface area (Å²) in [4.78, 5) is 13.8. The molecule has 1 fully saturated rings. The molecule has 3 rings (SSSR count). The molecule has 2 aromatic rings. The quantitative estimate of drug-likeness (QED) is 0.747. The van der Waals surface area contributed by atoms with Crippen LogP contribution in [0, 0.1) is 5.92 Å². The summed E-state index contributed by atoms with van der Waals surface area (Å²) in [5.74, 6) is 1.37. The molecule has 1 aliphatic heterocycles. The van der Waals surface area contributed by atoms with Crippen LogP contribution in [0.15, 0.2) is 12.4 Å². The first-order valence-electron chi connectivity index (χ1n) is 8.57. The Bertz CT molecular complexity index is 785. The van der Waals surface area contributed by atoms with Gasteiger partial charge in [-0.05, 0) is 30.4 Å². The molecule has 1 aliphatic rings. The SMILES string of the molecule is CNc1cnc(Cl)nc1NCC1CCN(c2nc(C(F)(F)F)cn2C)CC1. The maximum atomic E-state index is 12.8. The Balaban J connectivity index is 1.57. The van der Waals surface area contributed by atoms with E-state index in [4.69, 9.17) is 11.6 Å². The van der Waals surface area contributed by atoms with E-state index in [0.717, 1.165) is 24.7 Å². The molecule has 0 unspecified atom stereocenters. The van der Waals surface area contributed by atoms with Crippen molar-refractivity contribution in [3.8, 4) is 0 Å². The highest BCUT2D eigenvalue weighted by molar-refractivity contribution is 6.28. The molecule has 2 aromatic heterocycles. The fourth-order valence-electron chi connectivity index (χ4n) is 3.14. The smallest absolute Gasteiger partial charge is 0.384 e. The summed E-state index contributed by atoms with van der Waals surface area (Å²) in [5, 5.41) is 6.45. The van der Waals surface area contributed by atoms with E-state index in [2.05, 4.69) is 25.6 Å². The van der Waals surface area contributed by atoms with Crippen LogP contribution in [0.5, 0.6) is 0 Å². The molecule has 27 heavy (non-hydrogen) atoms. The molecule has 3 heterocycles. The van der Waals surface area contributed by atoms with Crippen LogP contribution in [-0.2, 0) is 13.2 Å². The molecule has 0 aliphatic carbocycles. The Morgan fingerprint density at radius 1 is 1.26 bits per heavy atom. The van der Waals surface area contributed by atoms with Crippen LogP contribution in [-0.4, -0.2) is 46.2 Å². The minimum Gasteiger partial charge on any atom is -0.384 e. The van der Waals surface area contributed by atoms with Gasteiger partial charge in [-0.2, -0.15) is 18.2 Å². The number of hydrogen-bond acceptors (Lipinski definition) is 6. The third kappa shape index (κ3) is 4.55. The Morgan fingerprint density at radius 2 is 1.96 bits per heavy atom. The van der Waals surface area contributed by atoms with E-state index >= 15 is 0 Å². The number of aryl methyl sites for hydroxylation is 1. The van der Waals surface area contributed by atoms with Gasteiger partial charge in [-0.15, -0.1) is 0 Å². The third-order valence-electron chi connectivity index (χ3n) is 4.63. The number of aromatic nitrogens is 4. The van der Waals surface area contributed by atoms with Gasteiger partial charge in [0.2, 0.25) is 11.2 Å². The molecule has 0 radical (unpaired) electrons. The molecule has 7 nitrogen and oxygen atoms in total. The molecule has 11 heteroatoms. The maximum Gasteiger partial charge on any atom is 0.434 e. The van der Waals surface area contributed by atoms with Gasteiger partial charge < -0.3 is 20.1 Å². The van der Waals surface area contributed by atoms with Crippen molar-refractivity contribution >= 4 is 29.1 Å². The Morgan fingerprint density at radius 3 is 2.56 bits per heavy atom. The number of nitrogens with one attached hydrogen (secondary N) is 2. The van der Waals surface area contributed by atoms with Crippen molar-refractivity contribution in [1.29, 1.82) is 0 Å². The monoisotopic (exact) mass is 403 g/mol. The molecule has 0 bridgehead atoms. The number of alkyl halides is 3. The molecule has 0 amide bonds. The summed E-state index contributed by atoms with van der Waals surface area (Å²) < 4.78 is 39.9. The standard InChI is InChI=1S/C16H21ClF3N7/c1-21-11-8-23-14(17)25-13(11)22-7-10-3-5-27(6-4-10)15-24-12(9-26(15)2)16(18,19)20/h8-10,21H,3-7H2,1-2H3,(H,22,23,25). The largest absolute Gasteiger partial charge is 0.434 e. The summed E-state index contributed by atoms with van der Waals surface area (Å²) in [6, 6.07) is 0. The summed E-state index contributed by atoms with van der Waals surface area (Å²) >= 11 is 5.85. The normalized spacial score (nSPS) is 15.9. The second-order valence-electron chi connectivity index (χ2n) is 6.50. The lowest BCUT2D eigenvalue weighted by Crippen LogP contribution is -2.37. The third-order valence-corrected chi connectivity index (χ3v) is 4.81. The predicted molar refractivity (Wildman–Crippen MR) is 98.2 cm³/mol. The molecule has 1 saturated heterocycles. The highest BCUT2D eigenvalue weighted by Crippen LogP contribution is 2.31. The van der Waals surface area contributed by atoms with E-state index in [-0.39, 0.29) is 5.28 Å². The molecule has 0 saturated carbocycles. The van der Waals surface area contributed by atoms with Gasteiger partial charge in [0.05, 0.1) is 11.9 Å². The fraction of sp³-hybridized carbons (Fsp3) is 0.562. The van der Waals surface area contributed by atoms with Gasteiger partial charge in [0.15, 0.2) is 11.5 Å². The second-order valence-corrected chi connectivity index (χ2v) is 6.84. The van der Waals surface area contributed by atoms with Crippen molar-refractivity contribution in [2.24, 2.45) is 13.0 Å². The average molecular weight is 404 g/mol. The van der Waals surface area contributed by atoms with Crippen molar-refractivity contribution in [1.82, 2.24) is 19.5 Å². The van der Waals surface area contributed by atoms with Gasteiger partial charge >= 0.3 is 6.18 Å². The molecule has 148 valence electrons. The van der Waals surface area contributed by atoms with Crippen molar-refractivity contribution in [2.45, 2.75) is 19.0 Å². The zero-order valence-corrected chi connectivity index (χ0v) is 15.8. The lowest BCUT2D eigenvalue weighted by molar-refractivity contribution is -0.140. The van der Waals surface area contributed by atoms with E-state index < -0.39 is 11.9 Å². The van der Waals surface area contributed by atoms with Crippen molar-refractivity contribution in [2.75, 3.05) is 42.2 Å². The first-order chi connectivity index (χ1) is 12.8. The molecular formula is C16H21ClF3N7. The van der Waals surface area contributed by atoms with Gasteiger partial charge in [0, 0.05) is 39.9 Å². The van der Waals surface area contributed by atoms with Crippen LogP contribution in [0.25, 0.3) is 0 Å². The average Bonchev–Trinajstić information content (AvgIpc) is 3.03. The van der Waals surface area contributed by atoms with Gasteiger partial charge in [0.1, 0.15) is 0 Å². The Hall–Kier alpha value is -2.23. The highest BCUT2D eigenvalue weighted by atomic mass is 35.5. The number of halogens is 4. The maximum absolute atomic E-state index is 12.8. The molecule has 0 atom stereocenters. The zero-order chi connectivity index (χ0) is 19.6. The van der Waals surface area contributed by atoms with Gasteiger partial charge in [-0.1, -0.05) is 0 Å². The lowest BCUT2D eigenvalue weighted by Gasteiger charge is -2.32. The molecule has 0 aromatic carbocycles. The van der Waals surface area contributed by atoms with E-state index in [0.29, 0.717) is 37.3 Å². The highest BCUT2D eigenvalue weighted by Gasteiger charge is 2.35. The van der Waals surface area contributed by atoms with E-state index in [1.807, 2.05) is 4.90 Å². The van der Waals surface area contributed by atoms with Gasteiger partial charge in [-0.25, -0.2) is 9.97 Å². The first kappa shape index (κ1) is 19.5. The topological polar surface area (TPSA) is 70.9 Å². The van der Waals surface area contributed by atoms with E-state index in [9.17, 15) is 13.2 Å². The molecule has 0 spiro atoms. The van der Waals surface area contributed by atoms with Crippen LogP contribution in [0.2, 0.25) is 5.28 Å². The van der Waals surface area contributed by atoms with Crippen LogP contribution in [0.4, 0.5) is 30.6 Å². The Kier molecular flexibility index (Phi) is 5.64. The fourth-order valence-corrected chi connectivity index (χ4v) is 3.28. The van der Waals surface area contributed by atoms with Crippen LogP contribution in [0.1, 0.15) is 18.5 Å². The number of rotatable bonds is 5. The first-order valence-corrected chi connectivity index (χ1v) is 8.95. The van der Waals surface area contributed by atoms with Crippen LogP contribution < -0.4 is 15.5 Å². The van der Waals surface area contributed by atoms with E-state index in [1.54, 1.807) is 20.3 Å². The summed E-state index contributed by atoms with van der Waals surface area (Å²) in [5.41, 5.74) is -0.103. The zero-order valence-electron chi connectivity index (χ0n) is 15.0. The number of anilines is 3. The summed E-state index contributed by atoms with van der Waals surface area (Å²) in [7, 11) is 3.36. The summed E-state index contributed by atoms with van der Waals surface area (Å²) in [6.07, 6.45) is -0.105. The Labute approximate surface area is 160 Å². The van der Waals surface area contributed by atoms with Crippen LogP contribution in [0.3, 0.4) is 0 Å². The number of piperidine rings is 1. The lowest BCUT2D eigenvalue weighted by atomic mass is 9.97. The van der Waals surface area contributed by atoms with E-state index in [1.165, 1.54) is 4.57 Å². The summed E-state index contributed by atoms with van der Waals surface area (Å²) in [6.45, 7) is 2.00. The van der Waals surface area contributed by atoms with Gasteiger partial charge in [-0.3, -0.25) is 0 Å².